The minimum Gasteiger partial charge on any atom is -0.333 e. The molecular formula is C56H56BN. The number of hydrogen-bond donors (Lipinski definition) is 0. The van der Waals surface area contributed by atoms with Crippen LogP contribution in [-0.4, -0.2) is 38.8 Å². The van der Waals surface area contributed by atoms with E-state index in [1.165, 1.54) is 88.6 Å². The summed E-state index contributed by atoms with van der Waals surface area (Å²) in [4.78, 5) is 0. The van der Waals surface area contributed by atoms with E-state index in [1.807, 2.05) is 0 Å². The SMILES string of the molecule is C[N+](C)(C)C.Cc1ccc(-c2ccc([B-](c3ccc(-c4ccc(C)cc4)cc3)(c3ccc(-c4ccc(C)cc4)cc3)c3ccc(-c4ccc(C)cc4)cc3)cc2)cc1. The lowest BCUT2D eigenvalue weighted by Gasteiger charge is -2.44. The second kappa shape index (κ2) is 17.1. The molecule has 288 valence electrons. The van der Waals surface area contributed by atoms with Crippen LogP contribution in [0.3, 0.4) is 0 Å². The van der Waals surface area contributed by atoms with Crippen LogP contribution in [0.15, 0.2) is 194 Å². The first-order chi connectivity index (χ1) is 27.9. The first kappa shape index (κ1) is 40.0. The Labute approximate surface area is 347 Å². The third-order valence-electron chi connectivity index (χ3n) is 11.2. The van der Waals surface area contributed by atoms with Crippen molar-refractivity contribution >= 4 is 28.0 Å². The number of hydrogen-bond acceptors (Lipinski definition) is 0. The Balaban J connectivity index is 0.000000966. The summed E-state index contributed by atoms with van der Waals surface area (Å²) in [5.41, 5.74) is 20.0. The highest BCUT2D eigenvalue weighted by Gasteiger charge is 2.32. The molecule has 0 aliphatic heterocycles. The van der Waals surface area contributed by atoms with E-state index in [2.05, 4.69) is 250 Å². The fraction of sp³-hybridized carbons (Fsp3) is 0.143. The molecule has 0 unspecified atom stereocenters. The quantitative estimate of drug-likeness (QED) is 0.107. The first-order valence-corrected chi connectivity index (χ1v) is 20.5. The van der Waals surface area contributed by atoms with E-state index in [0.29, 0.717) is 0 Å². The van der Waals surface area contributed by atoms with Gasteiger partial charge in [0, 0.05) is 0 Å². The van der Waals surface area contributed by atoms with Crippen LogP contribution in [0.2, 0.25) is 0 Å². The Bertz CT molecular complexity index is 2170. The molecule has 0 saturated heterocycles. The van der Waals surface area contributed by atoms with Crippen molar-refractivity contribution in [2.75, 3.05) is 28.2 Å². The molecule has 0 aliphatic rings. The van der Waals surface area contributed by atoms with Crippen LogP contribution >= 0.6 is 0 Å². The van der Waals surface area contributed by atoms with Crippen molar-refractivity contribution < 1.29 is 4.48 Å². The van der Waals surface area contributed by atoms with Gasteiger partial charge in [0.05, 0.1) is 28.2 Å². The Hall–Kier alpha value is -6.22. The molecule has 0 aromatic heterocycles. The molecule has 0 saturated carbocycles. The molecule has 0 N–H and O–H groups in total. The van der Waals surface area contributed by atoms with E-state index >= 15 is 0 Å². The summed E-state index contributed by atoms with van der Waals surface area (Å²) in [5, 5.41) is 0. The molecular weight excluding hydrogens is 697 g/mol. The molecule has 0 bridgehead atoms. The lowest BCUT2D eigenvalue weighted by atomic mass is 9.13. The maximum Gasteiger partial charge on any atom is 0.108 e. The van der Waals surface area contributed by atoms with Gasteiger partial charge in [-0.05, 0) is 72.2 Å². The molecule has 0 atom stereocenters. The Morgan fingerprint density at radius 3 is 0.483 bits per heavy atom. The zero-order chi connectivity index (χ0) is 40.9. The topological polar surface area (TPSA) is 0 Å². The Kier molecular flexibility index (Phi) is 11.8. The third-order valence-corrected chi connectivity index (χ3v) is 11.2. The normalized spacial score (nSPS) is 11.4. The average molecular weight is 754 g/mol. The molecule has 1 nitrogen and oxygen atoms in total. The molecule has 58 heavy (non-hydrogen) atoms. The maximum absolute atomic E-state index is 2.37. The van der Waals surface area contributed by atoms with Crippen molar-refractivity contribution in [1.82, 2.24) is 0 Å². The van der Waals surface area contributed by atoms with Gasteiger partial charge in [-0.1, -0.05) is 216 Å². The lowest BCUT2D eigenvalue weighted by molar-refractivity contribution is -0.849. The molecule has 0 fully saturated rings. The van der Waals surface area contributed by atoms with Gasteiger partial charge in [0.15, 0.2) is 0 Å². The molecule has 8 aromatic carbocycles. The van der Waals surface area contributed by atoms with Crippen molar-refractivity contribution in [3.8, 4) is 44.5 Å². The predicted octanol–water partition coefficient (Wildman–Crippen LogP) is 11.3. The molecule has 0 aliphatic carbocycles. The van der Waals surface area contributed by atoms with E-state index in [4.69, 9.17) is 0 Å². The summed E-state index contributed by atoms with van der Waals surface area (Å²) in [7, 11) is 8.50. The predicted molar refractivity (Wildman–Crippen MR) is 255 cm³/mol. The zero-order valence-corrected chi connectivity index (χ0v) is 35.5. The summed E-state index contributed by atoms with van der Waals surface area (Å²) >= 11 is 0. The van der Waals surface area contributed by atoms with Crippen LogP contribution in [0.1, 0.15) is 22.3 Å². The van der Waals surface area contributed by atoms with Crippen molar-refractivity contribution in [3.05, 3.63) is 216 Å². The van der Waals surface area contributed by atoms with Gasteiger partial charge in [-0.25, -0.2) is 0 Å². The maximum atomic E-state index is 2.37. The average Bonchev–Trinajstić information content (AvgIpc) is 3.23. The lowest BCUT2D eigenvalue weighted by Crippen LogP contribution is -2.74. The van der Waals surface area contributed by atoms with Gasteiger partial charge < -0.3 is 4.48 Å². The molecule has 8 rings (SSSR count). The number of quaternary nitrogens is 1. The van der Waals surface area contributed by atoms with Crippen LogP contribution in [0.4, 0.5) is 0 Å². The largest absolute Gasteiger partial charge is 0.333 e. The van der Waals surface area contributed by atoms with Crippen molar-refractivity contribution in [2.45, 2.75) is 27.7 Å². The molecule has 0 radical (unpaired) electrons. The van der Waals surface area contributed by atoms with Gasteiger partial charge in [0.1, 0.15) is 6.15 Å². The highest BCUT2D eigenvalue weighted by Crippen LogP contribution is 2.25. The second-order valence-electron chi connectivity index (χ2n) is 17.5. The minimum absolute atomic E-state index is 1.00. The van der Waals surface area contributed by atoms with Crippen molar-refractivity contribution in [3.63, 3.8) is 0 Å². The van der Waals surface area contributed by atoms with E-state index in [-0.39, 0.29) is 0 Å². The van der Waals surface area contributed by atoms with Gasteiger partial charge in [-0.2, -0.15) is 21.9 Å². The summed E-state index contributed by atoms with van der Waals surface area (Å²) in [5.74, 6) is 0. The van der Waals surface area contributed by atoms with Crippen LogP contribution in [0.25, 0.3) is 44.5 Å². The molecule has 2 heteroatoms. The first-order valence-electron chi connectivity index (χ1n) is 20.5. The van der Waals surface area contributed by atoms with Gasteiger partial charge in [-0.3, -0.25) is 0 Å². The number of benzene rings is 8. The fourth-order valence-electron chi connectivity index (χ4n) is 8.00. The van der Waals surface area contributed by atoms with Gasteiger partial charge in [-0.15, -0.1) is 0 Å². The Morgan fingerprint density at radius 2 is 0.345 bits per heavy atom. The standard InChI is InChI=1S/C52H44B.C4H12N/c1-37-5-13-41(14-6-37)45-21-29-49(30-22-45)53(50-31-23-46(24-32-50)42-15-7-38(2)8-16-42,51-33-25-47(26-34-51)43-17-9-39(3)10-18-43)52-35-27-48(28-36-52)44-19-11-40(4)12-20-44;1-5(2,3)4/h5-36H,1-4H3;1-4H3/q-1;+1. The van der Waals surface area contributed by atoms with E-state index in [0.717, 1.165) is 4.48 Å². The van der Waals surface area contributed by atoms with Gasteiger partial charge in [0.2, 0.25) is 0 Å². The van der Waals surface area contributed by atoms with Gasteiger partial charge in [0.25, 0.3) is 0 Å². The second-order valence-corrected chi connectivity index (χ2v) is 17.5. The monoisotopic (exact) mass is 753 g/mol. The smallest absolute Gasteiger partial charge is 0.108 e. The molecule has 0 amide bonds. The highest BCUT2D eigenvalue weighted by atomic mass is 15.2. The third kappa shape index (κ3) is 9.15. The van der Waals surface area contributed by atoms with Crippen LogP contribution in [0.5, 0.6) is 0 Å². The zero-order valence-electron chi connectivity index (χ0n) is 35.5. The van der Waals surface area contributed by atoms with Crippen LogP contribution < -0.4 is 21.9 Å². The summed E-state index contributed by atoms with van der Waals surface area (Å²) in [6.45, 7) is 8.56. The van der Waals surface area contributed by atoms with Crippen molar-refractivity contribution in [2.24, 2.45) is 0 Å². The fourth-order valence-corrected chi connectivity index (χ4v) is 8.00. The molecule has 0 spiro atoms. The molecule has 0 heterocycles. The summed E-state index contributed by atoms with van der Waals surface area (Å²) in [6.07, 6.45) is -1.60. The van der Waals surface area contributed by atoms with Crippen LogP contribution in [0, 0.1) is 27.7 Å². The highest BCUT2D eigenvalue weighted by molar-refractivity contribution is 7.19. The summed E-state index contributed by atoms with van der Waals surface area (Å²) in [6, 6.07) is 72.7. The number of nitrogens with zero attached hydrogens (tertiary/aromatic N) is 1. The van der Waals surface area contributed by atoms with Crippen LogP contribution in [-0.2, 0) is 0 Å². The van der Waals surface area contributed by atoms with E-state index in [1.54, 1.807) is 0 Å². The summed E-state index contributed by atoms with van der Waals surface area (Å²) < 4.78 is 1.00. The minimum atomic E-state index is -1.60. The van der Waals surface area contributed by atoms with Crippen molar-refractivity contribution in [1.29, 1.82) is 0 Å². The molecule has 8 aromatic rings. The van der Waals surface area contributed by atoms with Gasteiger partial charge >= 0.3 is 0 Å². The Morgan fingerprint density at radius 1 is 0.224 bits per heavy atom. The van der Waals surface area contributed by atoms with E-state index < -0.39 is 6.15 Å². The van der Waals surface area contributed by atoms with E-state index in [9.17, 15) is 0 Å². The number of aryl methyl sites for hydroxylation is 4. The number of rotatable bonds is 8.